The lowest BCUT2D eigenvalue weighted by Crippen LogP contribution is -2.52. The van der Waals surface area contributed by atoms with Crippen molar-refractivity contribution in [3.63, 3.8) is 0 Å². The van der Waals surface area contributed by atoms with E-state index in [1.54, 1.807) is 14.2 Å². The number of halogens is 1. The first-order valence-corrected chi connectivity index (χ1v) is 13.0. The third kappa shape index (κ3) is 7.31. The fourth-order valence-electron chi connectivity index (χ4n) is 5.44. The van der Waals surface area contributed by atoms with Crippen LogP contribution < -0.4 is 11.1 Å². The summed E-state index contributed by atoms with van der Waals surface area (Å²) in [6.45, 7) is 2.32. The molecule has 1 aromatic carbocycles. The minimum Gasteiger partial charge on any atom is -0.385 e. The number of nitrogens with zero attached hydrogens (tertiary/aromatic N) is 1. The normalized spacial score (nSPS) is 25.3. The molecule has 0 radical (unpaired) electrons. The number of rotatable bonds is 12. The van der Waals surface area contributed by atoms with Gasteiger partial charge in [0.1, 0.15) is 0 Å². The van der Waals surface area contributed by atoms with Crippen LogP contribution in [0.5, 0.6) is 0 Å². The Kier molecular flexibility index (Phi) is 10.5. The number of urea groups is 1. The van der Waals surface area contributed by atoms with Gasteiger partial charge in [0.05, 0.1) is 11.7 Å². The Morgan fingerprint density at radius 2 is 2.15 bits per heavy atom. The number of carbonyl (C=O) groups is 1. The predicted octanol–water partition coefficient (Wildman–Crippen LogP) is 3.91. The Hall–Kier alpha value is -1.38. The minimum atomic E-state index is -1.05. The maximum atomic E-state index is 13.0. The Balaban J connectivity index is 1.57. The highest BCUT2D eigenvalue weighted by Gasteiger charge is 2.41. The molecule has 4 N–H and O–H groups in total. The van der Waals surface area contributed by atoms with Crippen molar-refractivity contribution in [1.29, 1.82) is 0 Å². The number of nitrogens with one attached hydrogen (secondary N) is 1. The second-order valence-electron chi connectivity index (χ2n) is 10.0. The van der Waals surface area contributed by atoms with Crippen LogP contribution in [0.3, 0.4) is 0 Å². The van der Waals surface area contributed by atoms with Crippen molar-refractivity contribution in [2.45, 2.75) is 69.1 Å². The summed E-state index contributed by atoms with van der Waals surface area (Å²) < 4.78 is 10.5. The summed E-state index contributed by atoms with van der Waals surface area (Å²) in [5, 5.41) is 15.6. The molecule has 34 heavy (non-hydrogen) atoms. The van der Waals surface area contributed by atoms with Crippen LogP contribution in [-0.4, -0.2) is 68.6 Å². The highest BCUT2D eigenvalue weighted by Crippen LogP contribution is 2.40. The van der Waals surface area contributed by atoms with E-state index in [9.17, 15) is 9.90 Å². The number of methoxy groups -OCH3 is 2. The molecule has 3 rings (SSSR count). The van der Waals surface area contributed by atoms with Gasteiger partial charge in [-0.1, -0.05) is 23.7 Å². The highest BCUT2D eigenvalue weighted by atomic mass is 35.5. The largest absolute Gasteiger partial charge is 0.385 e. The predicted molar refractivity (Wildman–Crippen MR) is 135 cm³/mol. The number of unbranched alkanes of at least 4 members (excludes halogenated alkanes) is 1. The van der Waals surface area contributed by atoms with Gasteiger partial charge >= 0.3 is 6.03 Å². The molecule has 1 aliphatic heterocycles. The molecule has 1 heterocycles. The third-order valence-electron chi connectivity index (χ3n) is 7.54. The number of piperidine rings is 1. The van der Waals surface area contributed by atoms with E-state index in [1.807, 2.05) is 29.2 Å². The SMILES string of the molecule is COCCCC[C@@](O)(c1cccc(Cl)c1)[C@@H]1CCCN(C(=O)NCC(N)CC2CC(OC)C2)C1. The topological polar surface area (TPSA) is 97.1 Å². The summed E-state index contributed by atoms with van der Waals surface area (Å²) in [5.74, 6) is 0.518. The van der Waals surface area contributed by atoms with Crippen molar-refractivity contribution in [3.8, 4) is 0 Å². The lowest BCUT2D eigenvalue weighted by Gasteiger charge is -2.43. The van der Waals surface area contributed by atoms with Gasteiger partial charge in [-0.25, -0.2) is 4.79 Å². The Bertz CT molecular complexity index is 776. The van der Waals surface area contributed by atoms with Crippen molar-refractivity contribution < 1.29 is 19.4 Å². The van der Waals surface area contributed by atoms with E-state index >= 15 is 0 Å². The van der Waals surface area contributed by atoms with E-state index in [4.69, 9.17) is 26.8 Å². The molecule has 3 atom stereocenters. The van der Waals surface area contributed by atoms with E-state index < -0.39 is 5.60 Å². The van der Waals surface area contributed by atoms with E-state index in [0.29, 0.717) is 49.7 Å². The first-order chi connectivity index (χ1) is 16.4. The minimum absolute atomic E-state index is 0.0588. The molecule has 1 aromatic rings. The van der Waals surface area contributed by atoms with Crippen LogP contribution in [-0.2, 0) is 15.1 Å². The average molecular weight is 496 g/mol. The second kappa shape index (κ2) is 13.1. The fraction of sp³-hybridized carbons (Fsp3) is 0.731. The number of nitrogens with two attached hydrogens (primary N) is 1. The smallest absolute Gasteiger partial charge is 0.317 e. The maximum absolute atomic E-state index is 13.0. The summed E-state index contributed by atoms with van der Waals surface area (Å²) in [4.78, 5) is 14.8. The van der Waals surface area contributed by atoms with Gasteiger partial charge in [0.15, 0.2) is 0 Å². The Morgan fingerprint density at radius 3 is 2.85 bits per heavy atom. The van der Waals surface area contributed by atoms with Gasteiger partial charge in [0.2, 0.25) is 0 Å². The molecule has 0 spiro atoms. The van der Waals surface area contributed by atoms with Gasteiger partial charge in [-0.2, -0.15) is 0 Å². The average Bonchev–Trinajstić information content (AvgIpc) is 2.82. The summed E-state index contributed by atoms with van der Waals surface area (Å²) in [7, 11) is 3.44. The molecule has 1 unspecified atom stereocenters. The van der Waals surface area contributed by atoms with Crippen LogP contribution in [0.15, 0.2) is 24.3 Å². The number of hydrogen-bond acceptors (Lipinski definition) is 5. The number of aliphatic hydroxyl groups is 1. The molecular formula is C26H42ClN3O4. The molecule has 1 saturated carbocycles. The van der Waals surface area contributed by atoms with Gasteiger partial charge in [0, 0.05) is 57.4 Å². The number of hydrogen-bond donors (Lipinski definition) is 3. The fourth-order valence-corrected chi connectivity index (χ4v) is 5.63. The monoisotopic (exact) mass is 495 g/mol. The maximum Gasteiger partial charge on any atom is 0.317 e. The van der Waals surface area contributed by atoms with Gasteiger partial charge < -0.3 is 30.5 Å². The standard InChI is InChI=1S/C26H42ClN3O4/c1-33-12-4-3-10-26(32,20-7-5-9-22(27)16-20)21-8-6-11-30(18-21)25(31)29-17-23(28)13-19-14-24(15-19)34-2/h5,7,9,16,19,21,23-24,32H,3-4,6,8,10-15,17-18,28H2,1-2H3,(H,29,31)/t19?,21-,23?,24?,26-/m1/s1. The zero-order valence-corrected chi connectivity index (χ0v) is 21.4. The van der Waals surface area contributed by atoms with Crippen LogP contribution >= 0.6 is 11.6 Å². The molecule has 0 aromatic heterocycles. The molecule has 0 bridgehead atoms. The van der Waals surface area contributed by atoms with Crippen molar-refractivity contribution in [3.05, 3.63) is 34.9 Å². The van der Waals surface area contributed by atoms with Crippen LogP contribution in [0.25, 0.3) is 0 Å². The van der Waals surface area contributed by atoms with E-state index in [0.717, 1.165) is 50.5 Å². The van der Waals surface area contributed by atoms with Gasteiger partial charge in [-0.05, 0) is 75.0 Å². The highest BCUT2D eigenvalue weighted by molar-refractivity contribution is 6.30. The van der Waals surface area contributed by atoms with Crippen molar-refractivity contribution in [2.75, 3.05) is 40.5 Å². The molecule has 2 amide bonds. The van der Waals surface area contributed by atoms with Crippen molar-refractivity contribution >= 4 is 17.6 Å². The zero-order valence-electron chi connectivity index (χ0n) is 20.7. The molecule has 1 aliphatic carbocycles. The second-order valence-corrected chi connectivity index (χ2v) is 10.5. The van der Waals surface area contributed by atoms with Crippen LogP contribution in [0.1, 0.15) is 56.9 Å². The molecule has 2 aliphatic rings. The number of likely N-dealkylation sites (tertiary alicyclic amines) is 1. The van der Waals surface area contributed by atoms with Gasteiger partial charge in [0.25, 0.3) is 0 Å². The summed E-state index contributed by atoms with van der Waals surface area (Å²) in [5.41, 5.74) is 6.05. The number of ether oxygens (including phenoxy) is 2. The Labute approximate surface area is 209 Å². The number of carbonyl (C=O) groups excluding carboxylic acids is 1. The molecular weight excluding hydrogens is 454 g/mol. The Morgan fingerprint density at radius 1 is 1.35 bits per heavy atom. The number of amides is 2. The molecule has 1 saturated heterocycles. The van der Waals surface area contributed by atoms with Crippen LogP contribution in [0, 0.1) is 11.8 Å². The van der Waals surface area contributed by atoms with E-state index in [1.165, 1.54) is 0 Å². The van der Waals surface area contributed by atoms with Crippen molar-refractivity contribution in [2.24, 2.45) is 17.6 Å². The lowest BCUT2D eigenvalue weighted by molar-refractivity contribution is -0.0563. The third-order valence-corrected chi connectivity index (χ3v) is 7.78. The zero-order chi connectivity index (χ0) is 24.6. The van der Waals surface area contributed by atoms with E-state index in [2.05, 4.69) is 5.32 Å². The van der Waals surface area contributed by atoms with Crippen LogP contribution in [0.4, 0.5) is 4.79 Å². The molecule has 7 nitrogen and oxygen atoms in total. The van der Waals surface area contributed by atoms with Gasteiger partial charge in [-0.3, -0.25) is 0 Å². The lowest BCUT2D eigenvalue weighted by atomic mass is 9.74. The molecule has 192 valence electrons. The quantitative estimate of drug-likeness (QED) is 0.382. The van der Waals surface area contributed by atoms with Crippen LogP contribution in [0.2, 0.25) is 5.02 Å². The first kappa shape index (κ1) is 27.2. The number of benzene rings is 1. The van der Waals surface area contributed by atoms with Crippen molar-refractivity contribution in [1.82, 2.24) is 10.2 Å². The summed E-state index contributed by atoms with van der Waals surface area (Å²) in [6.07, 6.45) is 7.40. The molecule has 8 heteroatoms. The van der Waals surface area contributed by atoms with Gasteiger partial charge in [-0.15, -0.1) is 0 Å². The summed E-state index contributed by atoms with van der Waals surface area (Å²) >= 11 is 6.27. The summed E-state index contributed by atoms with van der Waals surface area (Å²) in [6, 6.07) is 7.33. The first-order valence-electron chi connectivity index (χ1n) is 12.6. The molecule has 2 fully saturated rings. The van der Waals surface area contributed by atoms with E-state index in [-0.39, 0.29) is 18.0 Å².